The second-order valence-electron chi connectivity index (χ2n) is 5.43. The minimum absolute atomic E-state index is 0.236. The molecular formula is C14H19N5O2S2. The summed E-state index contributed by atoms with van der Waals surface area (Å²) in [4.78, 5) is 23.1. The molecule has 3 heterocycles. The zero-order valence-corrected chi connectivity index (χ0v) is 14.9. The molecule has 2 aliphatic rings. The Labute approximate surface area is 143 Å². The van der Waals surface area contributed by atoms with Crippen LogP contribution in [0.15, 0.2) is 27.8 Å². The van der Waals surface area contributed by atoms with Crippen LogP contribution >= 0.6 is 23.5 Å². The number of carbonyl (C=O) groups is 1. The Kier molecular flexibility index (Phi) is 5.00. The molecule has 0 amide bonds. The van der Waals surface area contributed by atoms with Crippen LogP contribution in [0.25, 0.3) is 0 Å². The second-order valence-corrected chi connectivity index (χ2v) is 7.47. The third-order valence-corrected chi connectivity index (χ3v) is 5.19. The maximum Gasteiger partial charge on any atom is 0.337 e. The van der Waals surface area contributed by atoms with Crippen molar-refractivity contribution >= 4 is 35.3 Å². The molecule has 1 saturated heterocycles. The first-order valence-electron chi connectivity index (χ1n) is 7.22. The molecule has 2 aliphatic heterocycles. The molecule has 1 N–H and O–H groups in total. The summed E-state index contributed by atoms with van der Waals surface area (Å²) >= 11 is 3.11. The van der Waals surface area contributed by atoms with E-state index in [0.717, 1.165) is 29.5 Å². The van der Waals surface area contributed by atoms with Crippen LogP contribution in [-0.4, -0.2) is 66.3 Å². The number of nitrogens with zero attached hydrogens (tertiary/aromatic N) is 4. The topological polar surface area (TPSA) is 70.1 Å². The Bertz CT molecular complexity index is 642. The molecule has 1 aromatic heterocycles. The average molecular weight is 353 g/mol. The molecule has 0 aromatic carbocycles. The quantitative estimate of drug-likeness (QED) is 0.628. The largest absolute Gasteiger partial charge is 0.466 e. The molecule has 1 fully saturated rings. The van der Waals surface area contributed by atoms with Gasteiger partial charge in [0.15, 0.2) is 10.8 Å². The van der Waals surface area contributed by atoms with Crippen molar-refractivity contribution < 1.29 is 9.53 Å². The standard InChI is InChI=1S/C14H19N5O2S2/c1-18(2)23-17-9-6-11-10(14(20)21-3)7-16-12(19(11)8-9)13-15-4-5-22-13/h4-5,9,17H,6-8H2,1-3H3. The number of aromatic nitrogens is 1. The number of thiazole rings is 1. The van der Waals surface area contributed by atoms with Crippen LogP contribution in [0.4, 0.5) is 0 Å². The van der Waals surface area contributed by atoms with Gasteiger partial charge in [0.2, 0.25) is 0 Å². The van der Waals surface area contributed by atoms with Crippen molar-refractivity contribution in [3.63, 3.8) is 0 Å². The molecule has 7 nitrogen and oxygen atoms in total. The van der Waals surface area contributed by atoms with Crippen molar-refractivity contribution in [3.8, 4) is 0 Å². The fourth-order valence-corrected chi connectivity index (χ4v) is 3.82. The summed E-state index contributed by atoms with van der Waals surface area (Å²) in [7, 11) is 5.38. The third-order valence-electron chi connectivity index (χ3n) is 3.62. The van der Waals surface area contributed by atoms with E-state index in [1.54, 1.807) is 29.7 Å². The van der Waals surface area contributed by atoms with Crippen LogP contribution in [-0.2, 0) is 9.53 Å². The summed E-state index contributed by atoms with van der Waals surface area (Å²) in [5, 5.41) is 2.82. The molecule has 9 heteroatoms. The highest BCUT2D eigenvalue weighted by molar-refractivity contribution is 7.95. The van der Waals surface area contributed by atoms with Gasteiger partial charge in [-0.1, -0.05) is 0 Å². The predicted octanol–water partition coefficient (Wildman–Crippen LogP) is 1.12. The maximum absolute atomic E-state index is 12.1. The average Bonchev–Trinajstić information content (AvgIpc) is 3.20. The Balaban J connectivity index is 1.86. The molecule has 0 saturated carbocycles. The smallest absolute Gasteiger partial charge is 0.337 e. The Hall–Kier alpha value is -1.42. The highest BCUT2D eigenvalue weighted by Crippen LogP contribution is 2.32. The van der Waals surface area contributed by atoms with Gasteiger partial charge in [-0.3, -0.25) is 4.99 Å². The number of carbonyl (C=O) groups excluding carboxylic acids is 1. The molecule has 3 rings (SSSR count). The Morgan fingerprint density at radius 3 is 3.04 bits per heavy atom. The number of hydrogen-bond donors (Lipinski definition) is 1. The predicted molar refractivity (Wildman–Crippen MR) is 92.1 cm³/mol. The molecule has 0 spiro atoms. The van der Waals surface area contributed by atoms with Gasteiger partial charge in [0.1, 0.15) is 0 Å². The molecule has 0 bridgehead atoms. The minimum atomic E-state index is -0.298. The molecule has 23 heavy (non-hydrogen) atoms. The van der Waals surface area contributed by atoms with E-state index < -0.39 is 0 Å². The van der Waals surface area contributed by atoms with Crippen molar-refractivity contribution in [2.75, 3.05) is 34.3 Å². The van der Waals surface area contributed by atoms with Crippen LogP contribution in [0.2, 0.25) is 0 Å². The van der Waals surface area contributed by atoms with Gasteiger partial charge in [-0.2, -0.15) is 0 Å². The van der Waals surface area contributed by atoms with E-state index >= 15 is 0 Å². The van der Waals surface area contributed by atoms with Gasteiger partial charge in [0.05, 0.1) is 19.2 Å². The number of ether oxygens (including phenoxy) is 1. The lowest BCUT2D eigenvalue weighted by molar-refractivity contribution is -0.136. The number of fused-ring (bicyclic) bond motifs is 1. The second kappa shape index (κ2) is 7.00. The highest BCUT2D eigenvalue weighted by Gasteiger charge is 2.37. The van der Waals surface area contributed by atoms with Crippen LogP contribution in [0.3, 0.4) is 0 Å². The molecule has 0 aliphatic carbocycles. The number of aliphatic imine (C=N–C) groups is 1. The van der Waals surface area contributed by atoms with E-state index in [1.165, 1.54) is 7.11 Å². The molecular weight excluding hydrogens is 334 g/mol. The number of nitrogens with one attached hydrogen (secondary N) is 1. The van der Waals surface area contributed by atoms with Crippen LogP contribution < -0.4 is 4.72 Å². The Morgan fingerprint density at radius 2 is 2.39 bits per heavy atom. The molecule has 1 atom stereocenters. The first-order valence-corrected chi connectivity index (χ1v) is 8.87. The van der Waals surface area contributed by atoms with Gasteiger partial charge >= 0.3 is 5.97 Å². The molecule has 124 valence electrons. The number of rotatable bonds is 5. The maximum atomic E-state index is 12.1. The van der Waals surface area contributed by atoms with Crippen LogP contribution in [0.1, 0.15) is 11.4 Å². The number of amidine groups is 1. The number of methoxy groups -OCH3 is 1. The van der Waals surface area contributed by atoms with Crippen molar-refractivity contribution in [2.24, 2.45) is 4.99 Å². The van der Waals surface area contributed by atoms with E-state index in [-0.39, 0.29) is 12.0 Å². The highest BCUT2D eigenvalue weighted by atomic mass is 32.2. The Morgan fingerprint density at radius 1 is 1.57 bits per heavy atom. The molecule has 1 unspecified atom stereocenters. The minimum Gasteiger partial charge on any atom is -0.466 e. The summed E-state index contributed by atoms with van der Waals surface area (Å²) in [5.74, 6) is 0.551. The first-order chi connectivity index (χ1) is 11.1. The fourth-order valence-electron chi connectivity index (χ4n) is 2.65. The van der Waals surface area contributed by atoms with Crippen LogP contribution in [0, 0.1) is 0 Å². The van der Waals surface area contributed by atoms with Crippen molar-refractivity contribution in [1.29, 1.82) is 0 Å². The van der Waals surface area contributed by atoms with Crippen LogP contribution in [0.5, 0.6) is 0 Å². The lowest BCUT2D eigenvalue weighted by Crippen LogP contribution is -2.36. The summed E-state index contributed by atoms with van der Waals surface area (Å²) in [5.41, 5.74) is 1.64. The third kappa shape index (κ3) is 3.42. The van der Waals surface area contributed by atoms with Gasteiger partial charge < -0.3 is 9.64 Å². The van der Waals surface area contributed by atoms with Gasteiger partial charge in [0.25, 0.3) is 0 Å². The van der Waals surface area contributed by atoms with E-state index in [0.29, 0.717) is 12.1 Å². The first kappa shape index (κ1) is 16.4. The fraction of sp³-hybridized carbons (Fsp3) is 0.500. The summed E-state index contributed by atoms with van der Waals surface area (Å²) in [6, 6.07) is 0.236. The normalized spacial score (nSPS) is 20.8. The summed E-state index contributed by atoms with van der Waals surface area (Å²) in [6.07, 6.45) is 2.55. The zero-order chi connectivity index (χ0) is 16.4. The lowest BCUT2D eigenvalue weighted by atomic mass is 10.1. The summed E-state index contributed by atoms with van der Waals surface area (Å²) in [6.45, 7) is 1.11. The number of esters is 1. The SMILES string of the molecule is COC(=O)C1=C2CC(NSN(C)C)CN2C(c2nccs2)=NC1. The van der Waals surface area contributed by atoms with Crippen molar-refractivity contribution in [2.45, 2.75) is 12.5 Å². The number of hydrogen-bond acceptors (Lipinski definition) is 9. The zero-order valence-electron chi connectivity index (χ0n) is 13.3. The van der Waals surface area contributed by atoms with Gasteiger partial charge in [0, 0.05) is 48.4 Å². The molecule has 1 aromatic rings. The monoisotopic (exact) mass is 353 g/mol. The van der Waals surface area contributed by atoms with Crippen molar-refractivity contribution in [3.05, 3.63) is 27.9 Å². The lowest BCUT2D eigenvalue weighted by Gasteiger charge is -2.26. The van der Waals surface area contributed by atoms with Crippen molar-refractivity contribution in [1.82, 2.24) is 18.9 Å². The van der Waals surface area contributed by atoms with Gasteiger partial charge in [-0.05, 0) is 14.1 Å². The van der Waals surface area contributed by atoms with E-state index in [4.69, 9.17) is 4.74 Å². The summed E-state index contributed by atoms with van der Waals surface area (Å²) < 4.78 is 10.3. The van der Waals surface area contributed by atoms with E-state index in [9.17, 15) is 4.79 Å². The van der Waals surface area contributed by atoms with E-state index in [2.05, 4.69) is 19.6 Å². The van der Waals surface area contributed by atoms with Gasteiger partial charge in [-0.15, -0.1) is 11.3 Å². The molecule has 0 radical (unpaired) electrons. The van der Waals surface area contributed by atoms with E-state index in [1.807, 2.05) is 23.8 Å². The van der Waals surface area contributed by atoms with Gasteiger partial charge in [-0.25, -0.2) is 18.8 Å².